The van der Waals surface area contributed by atoms with E-state index in [1.54, 1.807) is 28.9 Å². The van der Waals surface area contributed by atoms with Crippen LogP contribution in [0.5, 0.6) is 0 Å². The number of hydrogen-bond donors (Lipinski definition) is 2. The average Bonchev–Trinajstić information content (AvgIpc) is 3.15. The van der Waals surface area contributed by atoms with Crippen LogP contribution in [0.15, 0.2) is 60.0 Å². The van der Waals surface area contributed by atoms with Gasteiger partial charge in [0.2, 0.25) is 0 Å². The second-order valence-electron chi connectivity index (χ2n) is 5.06. The number of tetrazole rings is 1. The van der Waals surface area contributed by atoms with Crippen molar-refractivity contribution in [3.63, 3.8) is 0 Å². The Balaban J connectivity index is 1.75. The first-order valence-corrected chi connectivity index (χ1v) is 7.17. The highest BCUT2D eigenvalue weighted by Gasteiger charge is 2.06. The molecule has 0 spiro atoms. The van der Waals surface area contributed by atoms with Crippen molar-refractivity contribution in [2.24, 2.45) is 5.10 Å². The fraction of sp³-hybridized carbons (Fsp3) is 0.0625. The molecule has 3 aromatic rings. The number of rotatable bonds is 4. The number of nitrogens with two attached hydrogens (primary N) is 1. The maximum Gasteiger partial charge on any atom is 0.271 e. The lowest BCUT2D eigenvalue weighted by Gasteiger charge is -2.05. The summed E-state index contributed by atoms with van der Waals surface area (Å²) in [6, 6.07) is 14.1. The van der Waals surface area contributed by atoms with E-state index in [2.05, 4.69) is 26.1 Å². The summed E-state index contributed by atoms with van der Waals surface area (Å²) in [5.74, 6) is -0.300. The van der Waals surface area contributed by atoms with Gasteiger partial charge in [-0.15, -0.1) is 5.10 Å². The molecule has 0 bridgehead atoms. The van der Waals surface area contributed by atoms with Crippen LogP contribution in [0.3, 0.4) is 0 Å². The van der Waals surface area contributed by atoms with E-state index >= 15 is 0 Å². The van der Waals surface area contributed by atoms with E-state index in [1.165, 1.54) is 6.33 Å². The number of carbonyl (C=O) groups excluding carboxylic acids is 1. The van der Waals surface area contributed by atoms with Crippen molar-refractivity contribution >= 4 is 17.3 Å². The minimum Gasteiger partial charge on any atom is -0.399 e. The molecule has 120 valence electrons. The van der Waals surface area contributed by atoms with Gasteiger partial charge in [-0.25, -0.2) is 10.1 Å². The second kappa shape index (κ2) is 6.69. The topological polar surface area (TPSA) is 111 Å². The predicted molar refractivity (Wildman–Crippen MR) is 89.7 cm³/mol. The van der Waals surface area contributed by atoms with E-state index in [1.807, 2.05) is 31.2 Å². The maximum absolute atomic E-state index is 12.1. The Morgan fingerprint density at radius 2 is 1.96 bits per heavy atom. The normalized spacial score (nSPS) is 11.3. The molecule has 24 heavy (non-hydrogen) atoms. The number of anilines is 1. The second-order valence-corrected chi connectivity index (χ2v) is 5.06. The molecule has 8 nitrogen and oxygen atoms in total. The molecule has 8 heteroatoms. The highest BCUT2D eigenvalue weighted by atomic mass is 16.2. The van der Waals surface area contributed by atoms with Gasteiger partial charge in [-0.2, -0.15) is 5.10 Å². The van der Waals surface area contributed by atoms with Crippen LogP contribution in [0.25, 0.3) is 5.69 Å². The van der Waals surface area contributed by atoms with E-state index in [0.717, 1.165) is 11.3 Å². The third-order valence-corrected chi connectivity index (χ3v) is 3.38. The number of benzene rings is 2. The van der Waals surface area contributed by atoms with Crippen molar-refractivity contribution in [3.05, 3.63) is 66.0 Å². The fourth-order valence-electron chi connectivity index (χ4n) is 2.05. The standard InChI is InChI=1S/C16H15N7O/c1-11(19-20-16(24)12-5-7-14(17)8-6-12)13-3-2-4-15(9-13)23-10-18-21-22-23/h2-10H,17H2,1H3,(H,20,24)/b19-11+. The summed E-state index contributed by atoms with van der Waals surface area (Å²) < 4.78 is 1.55. The van der Waals surface area contributed by atoms with E-state index in [9.17, 15) is 4.79 Å². The number of aromatic nitrogens is 4. The first-order valence-electron chi connectivity index (χ1n) is 7.17. The van der Waals surface area contributed by atoms with Crippen LogP contribution in [0.1, 0.15) is 22.8 Å². The molecule has 0 unspecified atom stereocenters. The zero-order valence-electron chi connectivity index (χ0n) is 12.9. The van der Waals surface area contributed by atoms with Crippen LogP contribution in [0.2, 0.25) is 0 Å². The van der Waals surface area contributed by atoms with Gasteiger partial charge in [0.25, 0.3) is 5.91 Å². The van der Waals surface area contributed by atoms with Crippen molar-refractivity contribution in [2.45, 2.75) is 6.92 Å². The number of nitrogens with one attached hydrogen (secondary N) is 1. The lowest BCUT2D eigenvalue weighted by Crippen LogP contribution is -2.19. The molecule has 0 fully saturated rings. The van der Waals surface area contributed by atoms with Crippen LogP contribution >= 0.6 is 0 Å². The van der Waals surface area contributed by atoms with E-state index in [-0.39, 0.29) is 5.91 Å². The summed E-state index contributed by atoms with van der Waals surface area (Å²) in [6.45, 7) is 1.81. The molecule has 0 atom stereocenters. The monoisotopic (exact) mass is 321 g/mol. The van der Waals surface area contributed by atoms with Crippen LogP contribution in [0, 0.1) is 0 Å². The Morgan fingerprint density at radius 1 is 1.17 bits per heavy atom. The Bertz CT molecular complexity index is 870. The van der Waals surface area contributed by atoms with Crippen LogP contribution in [0.4, 0.5) is 5.69 Å². The SMILES string of the molecule is C/C(=N\NC(=O)c1ccc(N)cc1)c1cccc(-n2cnnn2)c1. The highest BCUT2D eigenvalue weighted by Crippen LogP contribution is 2.10. The molecule has 0 aliphatic rings. The Kier molecular flexibility index (Phi) is 4.28. The predicted octanol–water partition coefficient (Wildman–Crippen LogP) is 1.40. The zero-order valence-corrected chi connectivity index (χ0v) is 12.9. The van der Waals surface area contributed by atoms with Gasteiger partial charge in [0.05, 0.1) is 11.4 Å². The molecule has 3 rings (SSSR count). The Hall–Kier alpha value is -3.55. The fourth-order valence-corrected chi connectivity index (χ4v) is 2.05. The summed E-state index contributed by atoms with van der Waals surface area (Å²) in [5, 5.41) is 15.2. The number of hydrazone groups is 1. The van der Waals surface area contributed by atoms with Gasteiger partial charge in [-0.1, -0.05) is 12.1 Å². The van der Waals surface area contributed by atoms with Crippen molar-refractivity contribution in [1.29, 1.82) is 0 Å². The quantitative estimate of drug-likeness (QED) is 0.428. The van der Waals surface area contributed by atoms with Gasteiger partial charge >= 0.3 is 0 Å². The summed E-state index contributed by atoms with van der Waals surface area (Å²) in [6.07, 6.45) is 1.51. The van der Waals surface area contributed by atoms with Gasteiger partial charge in [-0.05, 0) is 59.3 Å². The van der Waals surface area contributed by atoms with Gasteiger partial charge in [0, 0.05) is 11.3 Å². The average molecular weight is 321 g/mol. The number of carbonyl (C=O) groups is 1. The van der Waals surface area contributed by atoms with E-state index in [0.29, 0.717) is 17.0 Å². The first kappa shape index (κ1) is 15.3. The molecule has 2 aromatic carbocycles. The van der Waals surface area contributed by atoms with Crippen molar-refractivity contribution < 1.29 is 4.79 Å². The van der Waals surface area contributed by atoms with Gasteiger partial charge in [0.15, 0.2) is 0 Å². The van der Waals surface area contributed by atoms with Crippen molar-refractivity contribution in [2.75, 3.05) is 5.73 Å². The first-order chi connectivity index (χ1) is 11.6. The van der Waals surface area contributed by atoms with Gasteiger partial charge in [0.1, 0.15) is 6.33 Å². The third-order valence-electron chi connectivity index (χ3n) is 3.38. The molecule has 1 aromatic heterocycles. The minimum absolute atomic E-state index is 0.300. The summed E-state index contributed by atoms with van der Waals surface area (Å²) in [4.78, 5) is 12.1. The maximum atomic E-state index is 12.1. The van der Waals surface area contributed by atoms with E-state index < -0.39 is 0 Å². The molecule has 1 heterocycles. The Labute approximate surface area is 138 Å². The number of nitrogen functional groups attached to an aromatic ring is 1. The minimum atomic E-state index is -0.300. The molecular formula is C16H15N7O. The lowest BCUT2D eigenvalue weighted by molar-refractivity contribution is 0.0955. The molecular weight excluding hydrogens is 306 g/mol. The summed E-state index contributed by atoms with van der Waals surface area (Å²) in [7, 11) is 0. The number of nitrogens with zero attached hydrogens (tertiary/aromatic N) is 5. The molecule has 0 saturated carbocycles. The van der Waals surface area contributed by atoms with E-state index in [4.69, 9.17) is 5.73 Å². The number of hydrogen-bond acceptors (Lipinski definition) is 6. The molecule has 0 aliphatic carbocycles. The lowest BCUT2D eigenvalue weighted by atomic mass is 10.1. The largest absolute Gasteiger partial charge is 0.399 e. The third kappa shape index (κ3) is 3.43. The summed E-state index contributed by atoms with van der Waals surface area (Å²) in [5.41, 5.74) is 11.5. The van der Waals surface area contributed by atoms with Crippen molar-refractivity contribution in [3.8, 4) is 5.69 Å². The van der Waals surface area contributed by atoms with Crippen LogP contribution in [-0.4, -0.2) is 31.8 Å². The number of amides is 1. The van der Waals surface area contributed by atoms with Crippen molar-refractivity contribution in [1.82, 2.24) is 25.6 Å². The Morgan fingerprint density at radius 3 is 2.67 bits per heavy atom. The van der Waals surface area contributed by atoms with Crippen LogP contribution in [-0.2, 0) is 0 Å². The summed E-state index contributed by atoms with van der Waals surface area (Å²) >= 11 is 0. The molecule has 1 amide bonds. The van der Waals surface area contributed by atoms with Gasteiger partial charge < -0.3 is 5.73 Å². The van der Waals surface area contributed by atoms with Gasteiger partial charge in [-0.3, -0.25) is 4.79 Å². The molecule has 0 aliphatic heterocycles. The zero-order chi connectivity index (χ0) is 16.9. The molecule has 0 radical (unpaired) electrons. The highest BCUT2D eigenvalue weighted by molar-refractivity contribution is 6.01. The van der Waals surface area contributed by atoms with Crippen LogP contribution < -0.4 is 11.2 Å². The smallest absolute Gasteiger partial charge is 0.271 e. The molecule has 0 saturated heterocycles. The molecule has 3 N–H and O–H groups in total.